The third-order valence-corrected chi connectivity index (χ3v) is 5.01. The van der Waals surface area contributed by atoms with Gasteiger partial charge in [-0.2, -0.15) is 0 Å². The van der Waals surface area contributed by atoms with E-state index in [9.17, 15) is 9.90 Å². The van der Waals surface area contributed by atoms with Crippen LogP contribution in [0, 0.1) is 13.8 Å². The molecular formula is C23H27NO4. The molecule has 0 amide bonds. The van der Waals surface area contributed by atoms with Gasteiger partial charge in [-0.15, -0.1) is 0 Å². The Morgan fingerprint density at radius 1 is 1.25 bits per heavy atom. The molecule has 0 atom stereocenters. The van der Waals surface area contributed by atoms with Gasteiger partial charge in [0, 0.05) is 25.2 Å². The minimum atomic E-state index is -0.279. The Hall–Kier alpha value is -2.63. The zero-order valence-corrected chi connectivity index (χ0v) is 16.7. The van der Waals surface area contributed by atoms with Gasteiger partial charge in [0.05, 0.1) is 20.3 Å². The van der Waals surface area contributed by atoms with Crippen molar-refractivity contribution in [2.75, 3.05) is 33.4 Å². The molecule has 0 unspecified atom stereocenters. The molecule has 148 valence electrons. The molecule has 5 nitrogen and oxygen atoms in total. The van der Waals surface area contributed by atoms with E-state index in [2.05, 4.69) is 4.90 Å². The van der Waals surface area contributed by atoms with Gasteiger partial charge in [0.25, 0.3) is 0 Å². The van der Waals surface area contributed by atoms with E-state index in [1.807, 2.05) is 44.2 Å². The average molecular weight is 381 g/mol. The van der Waals surface area contributed by atoms with Crippen molar-refractivity contribution in [1.82, 2.24) is 4.90 Å². The SMILES string of the molecule is COc1cc(C)c(CN2CCOCC2)c(O)c1C(=O)/C=C/c1cccc(C)c1. The van der Waals surface area contributed by atoms with Crippen molar-refractivity contribution in [3.05, 3.63) is 64.2 Å². The molecule has 0 aromatic heterocycles. The van der Waals surface area contributed by atoms with E-state index < -0.39 is 0 Å². The van der Waals surface area contributed by atoms with Crippen LogP contribution in [0.15, 0.2) is 36.4 Å². The summed E-state index contributed by atoms with van der Waals surface area (Å²) in [4.78, 5) is 15.1. The van der Waals surface area contributed by atoms with Crippen LogP contribution in [0.2, 0.25) is 0 Å². The highest BCUT2D eigenvalue weighted by molar-refractivity contribution is 6.10. The molecule has 0 radical (unpaired) electrons. The second kappa shape index (κ2) is 9.04. The summed E-state index contributed by atoms with van der Waals surface area (Å²) in [6.07, 6.45) is 3.25. The van der Waals surface area contributed by atoms with Crippen molar-refractivity contribution < 1.29 is 19.4 Å². The van der Waals surface area contributed by atoms with Crippen molar-refractivity contribution in [3.8, 4) is 11.5 Å². The Labute approximate surface area is 166 Å². The van der Waals surface area contributed by atoms with Gasteiger partial charge in [-0.1, -0.05) is 35.9 Å². The van der Waals surface area contributed by atoms with Gasteiger partial charge in [0.2, 0.25) is 0 Å². The molecule has 28 heavy (non-hydrogen) atoms. The number of methoxy groups -OCH3 is 1. The Morgan fingerprint density at radius 2 is 2.00 bits per heavy atom. The predicted octanol–water partition coefficient (Wildman–Crippen LogP) is 3.75. The molecule has 2 aromatic carbocycles. The normalized spacial score (nSPS) is 15.1. The number of phenols is 1. The third kappa shape index (κ3) is 4.61. The van der Waals surface area contributed by atoms with Crippen LogP contribution in [-0.4, -0.2) is 49.2 Å². The summed E-state index contributed by atoms with van der Waals surface area (Å²) in [5.41, 5.74) is 3.93. The Morgan fingerprint density at radius 3 is 2.68 bits per heavy atom. The number of rotatable bonds is 6. The fourth-order valence-corrected chi connectivity index (χ4v) is 3.42. The van der Waals surface area contributed by atoms with Crippen LogP contribution in [0.5, 0.6) is 11.5 Å². The van der Waals surface area contributed by atoms with Crippen LogP contribution < -0.4 is 4.74 Å². The maximum absolute atomic E-state index is 12.9. The molecule has 1 fully saturated rings. The molecule has 1 aliphatic heterocycles. The van der Waals surface area contributed by atoms with E-state index in [1.165, 1.54) is 13.2 Å². The fraction of sp³-hybridized carbons (Fsp3) is 0.348. The molecular weight excluding hydrogens is 354 g/mol. The van der Waals surface area contributed by atoms with Crippen molar-refractivity contribution in [1.29, 1.82) is 0 Å². The van der Waals surface area contributed by atoms with Gasteiger partial charge < -0.3 is 14.6 Å². The number of nitrogens with zero attached hydrogens (tertiary/aromatic N) is 1. The van der Waals surface area contributed by atoms with Crippen molar-refractivity contribution in [2.45, 2.75) is 20.4 Å². The molecule has 1 aliphatic rings. The number of phenolic OH excluding ortho intramolecular Hbond substituents is 1. The second-order valence-corrected chi connectivity index (χ2v) is 7.10. The summed E-state index contributed by atoms with van der Waals surface area (Å²) < 4.78 is 10.8. The molecule has 1 heterocycles. The topological polar surface area (TPSA) is 59.0 Å². The van der Waals surface area contributed by atoms with Crippen LogP contribution in [0.4, 0.5) is 0 Å². The predicted molar refractivity (Wildman–Crippen MR) is 110 cm³/mol. The third-order valence-electron chi connectivity index (χ3n) is 5.01. The van der Waals surface area contributed by atoms with E-state index in [-0.39, 0.29) is 17.1 Å². The summed E-state index contributed by atoms with van der Waals surface area (Å²) in [5, 5.41) is 10.9. The first kappa shape index (κ1) is 20.1. The van der Waals surface area contributed by atoms with E-state index in [0.717, 1.165) is 35.3 Å². The van der Waals surface area contributed by atoms with Crippen LogP contribution in [0.25, 0.3) is 6.08 Å². The number of benzene rings is 2. The lowest BCUT2D eigenvalue weighted by Gasteiger charge is -2.28. The molecule has 1 N–H and O–H groups in total. The number of allylic oxidation sites excluding steroid dienone is 1. The van der Waals surface area contributed by atoms with Gasteiger partial charge in [-0.25, -0.2) is 0 Å². The monoisotopic (exact) mass is 381 g/mol. The van der Waals surface area contributed by atoms with Gasteiger partial charge in [-0.05, 0) is 37.1 Å². The zero-order chi connectivity index (χ0) is 20.1. The van der Waals surface area contributed by atoms with Crippen LogP contribution in [0.1, 0.15) is 32.6 Å². The molecule has 1 saturated heterocycles. The quantitative estimate of drug-likeness (QED) is 0.610. The standard InChI is InChI=1S/C23H27NO4/c1-16-5-4-6-18(13-16)7-8-20(25)22-21(27-3)14-17(2)19(23(22)26)15-24-9-11-28-12-10-24/h4-8,13-14,26H,9-12,15H2,1-3H3/b8-7+. The van der Waals surface area contributed by atoms with E-state index in [1.54, 1.807) is 6.08 Å². The lowest BCUT2D eigenvalue weighted by molar-refractivity contribution is 0.0337. The number of morpholine rings is 1. The fourth-order valence-electron chi connectivity index (χ4n) is 3.42. The Bertz CT molecular complexity index is 882. The first-order valence-corrected chi connectivity index (χ1v) is 9.48. The largest absolute Gasteiger partial charge is 0.507 e. The van der Waals surface area contributed by atoms with Crippen molar-refractivity contribution in [3.63, 3.8) is 0 Å². The number of aromatic hydroxyl groups is 1. The number of ketones is 1. The van der Waals surface area contributed by atoms with Crippen molar-refractivity contribution >= 4 is 11.9 Å². The number of hydrogen-bond acceptors (Lipinski definition) is 5. The van der Waals surface area contributed by atoms with Gasteiger partial charge in [0.15, 0.2) is 5.78 Å². The van der Waals surface area contributed by atoms with Crippen LogP contribution in [-0.2, 0) is 11.3 Å². The van der Waals surface area contributed by atoms with Gasteiger partial charge in [-0.3, -0.25) is 9.69 Å². The molecule has 2 aromatic rings. The minimum Gasteiger partial charge on any atom is -0.507 e. The molecule has 0 spiro atoms. The lowest BCUT2D eigenvalue weighted by atomic mass is 9.98. The smallest absolute Gasteiger partial charge is 0.193 e. The first-order valence-electron chi connectivity index (χ1n) is 9.48. The van der Waals surface area contributed by atoms with E-state index in [4.69, 9.17) is 9.47 Å². The first-order chi connectivity index (χ1) is 13.5. The summed E-state index contributed by atoms with van der Waals surface area (Å²) in [6.45, 7) is 7.48. The highest BCUT2D eigenvalue weighted by Gasteiger charge is 2.23. The molecule has 5 heteroatoms. The van der Waals surface area contributed by atoms with Crippen LogP contribution in [0.3, 0.4) is 0 Å². The number of ether oxygens (including phenoxy) is 2. The number of carbonyl (C=O) groups is 1. The highest BCUT2D eigenvalue weighted by atomic mass is 16.5. The Balaban J connectivity index is 1.91. The maximum Gasteiger partial charge on any atom is 0.193 e. The summed E-state index contributed by atoms with van der Waals surface area (Å²) in [6, 6.07) is 9.71. The number of carbonyl (C=O) groups excluding carboxylic acids is 1. The zero-order valence-electron chi connectivity index (χ0n) is 16.7. The van der Waals surface area contributed by atoms with Gasteiger partial charge in [0.1, 0.15) is 17.1 Å². The second-order valence-electron chi connectivity index (χ2n) is 7.10. The average Bonchev–Trinajstić information content (AvgIpc) is 2.69. The summed E-state index contributed by atoms with van der Waals surface area (Å²) in [5.74, 6) is 0.112. The molecule has 0 bridgehead atoms. The minimum absolute atomic E-state index is 0.00207. The molecule has 0 saturated carbocycles. The summed E-state index contributed by atoms with van der Waals surface area (Å²) >= 11 is 0. The number of aryl methyl sites for hydroxylation is 2. The van der Waals surface area contributed by atoms with Crippen LogP contribution >= 0.6 is 0 Å². The lowest BCUT2D eigenvalue weighted by Crippen LogP contribution is -2.35. The van der Waals surface area contributed by atoms with Crippen molar-refractivity contribution in [2.24, 2.45) is 0 Å². The Kier molecular flexibility index (Phi) is 6.49. The van der Waals surface area contributed by atoms with E-state index in [0.29, 0.717) is 25.5 Å². The summed E-state index contributed by atoms with van der Waals surface area (Å²) in [7, 11) is 1.51. The highest BCUT2D eigenvalue weighted by Crippen LogP contribution is 2.35. The maximum atomic E-state index is 12.9. The molecule has 3 rings (SSSR count). The van der Waals surface area contributed by atoms with Gasteiger partial charge >= 0.3 is 0 Å². The van der Waals surface area contributed by atoms with E-state index >= 15 is 0 Å². The number of hydrogen-bond donors (Lipinski definition) is 1. The molecule has 0 aliphatic carbocycles.